The van der Waals surface area contributed by atoms with Gasteiger partial charge in [0, 0.05) is 25.9 Å². The van der Waals surface area contributed by atoms with Gasteiger partial charge in [-0.15, -0.1) is 0 Å². The van der Waals surface area contributed by atoms with E-state index in [0.29, 0.717) is 16.8 Å². The number of aryl methyl sites for hydroxylation is 1. The molecule has 2 aromatic rings. The smallest absolute Gasteiger partial charge is 0.371 e. The number of nitrogens with one attached hydrogen (secondary N) is 1. The van der Waals surface area contributed by atoms with Crippen molar-refractivity contribution in [1.82, 2.24) is 14.3 Å². The predicted octanol–water partition coefficient (Wildman–Crippen LogP) is 3.13. The summed E-state index contributed by atoms with van der Waals surface area (Å²) < 4.78 is 30.0. The van der Waals surface area contributed by atoms with Crippen LogP contribution in [0.4, 0.5) is 5.82 Å². The second-order valence-corrected chi connectivity index (χ2v) is 8.49. The van der Waals surface area contributed by atoms with Gasteiger partial charge in [-0.05, 0) is 50.8 Å². The number of aromatic nitrogens is 2. The molecule has 9 nitrogen and oxygen atoms in total. The molecule has 0 atom stereocenters. The molecule has 10 heteroatoms. The molecule has 1 N–H and O–H groups in total. The number of anilines is 1. The Morgan fingerprint density at radius 2 is 1.97 bits per heavy atom. The van der Waals surface area contributed by atoms with Crippen LogP contribution in [0.25, 0.3) is 11.3 Å². The van der Waals surface area contributed by atoms with Gasteiger partial charge >= 0.3 is 10.3 Å². The van der Waals surface area contributed by atoms with Crippen LogP contribution >= 0.6 is 0 Å². The fourth-order valence-electron chi connectivity index (χ4n) is 2.43. The minimum absolute atomic E-state index is 0.155. The standard InChI is InChI=1S/C21H25N5O4S/c1-7-14(2)18(11-22-4)21(27)25-20-13-23-19(12-24-20)17-10-16(9-8-15(17)3)30-31(28,29)26(5)6/h7-13H,4H2,1-3,5-6H3,(H,24,25,27)/b14-7-,18-11+. The van der Waals surface area contributed by atoms with E-state index in [4.69, 9.17) is 4.18 Å². The number of carbonyl (C=O) groups excluding carboxylic acids is 1. The lowest BCUT2D eigenvalue weighted by atomic mass is 10.1. The Labute approximate surface area is 182 Å². The van der Waals surface area contributed by atoms with Crippen molar-refractivity contribution in [3.05, 3.63) is 59.6 Å². The number of benzene rings is 1. The minimum Gasteiger partial charge on any atom is -0.371 e. The number of allylic oxidation sites excluding steroid dienone is 1. The molecule has 0 aliphatic heterocycles. The Kier molecular flexibility index (Phi) is 7.78. The van der Waals surface area contributed by atoms with Crippen molar-refractivity contribution in [2.75, 3.05) is 19.4 Å². The van der Waals surface area contributed by atoms with E-state index in [1.165, 1.54) is 32.7 Å². The van der Waals surface area contributed by atoms with Crippen LogP contribution in [-0.2, 0) is 15.1 Å². The molecule has 2 rings (SSSR count). The zero-order valence-electron chi connectivity index (χ0n) is 18.1. The van der Waals surface area contributed by atoms with Crippen LogP contribution in [0, 0.1) is 6.92 Å². The third-order valence-corrected chi connectivity index (χ3v) is 5.65. The van der Waals surface area contributed by atoms with Gasteiger partial charge in [-0.1, -0.05) is 12.1 Å². The van der Waals surface area contributed by atoms with Gasteiger partial charge in [-0.25, -0.2) is 4.98 Å². The first-order valence-corrected chi connectivity index (χ1v) is 10.6. The van der Waals surface area contributed by atoms with E-state index in [-0.39, 0.29) is 17.5 Å². The van der Waals surface area contributed by atoms with Crippen molar-refractivity contribution in [3.8, 4) is 17.0 Å². The Morgan fingerprint density at radius 3 is 2.52 bits per heavy atom. The molecule has 1 heterocycles. The normalized spacial score (nSPS) is 12.6. The molecule has 1 amide bonds. The summed E-state index contributed by atoms with van der Waals surface area (Å²) in [6.45, 7) is 8.85. The third-order valence-electron chi connectivity index (χ3n) is 4.35. The van der Waals surface area contributed by atoms with Gasteiger partial charge < -0.3 is 9.50 Å². The maximum Gasteiger partial charge on any atom is 0.384 e. The van der Waals surface area contributed by atoms with Crippen LogP contribution in [0.1, 0.15) is 19.4 Å². The number of hydrogen-bond donors (Lipinski definition) is 1. The fraction of sp³-hybridized carbons (Fsp3) is 0.238. The summed E-state index contributed by atoms with van der Waals surface area (Å²) in [6.07, 6.45) is 6.07. The van der Waals surface area contributed by atoms with E-state index >= 15 is 0 Å². The highest BCUT2D eigenvalue weighted by atomic mass is 32.2. The third kappa shape index (κ3) is 6.06. The first-order chi connectivity index (χ1) is 14.6. The summed E-state index contributed by atoms with van der Waals surface area (Å²) in [5, 5.41) is 2.67. The Hall–Kier alpha value is -3.37. The number of rotatable bonds is 8. The SMILES string of the molecule is C=N/C=C(C(=O)Nc1cnc(-c2cc(OS(=O)(=O)N(C)C)ccc2C)cn1)\C(C)=C/C. The molecule has 0 saturated carbocycles. The summed E-state index contributed by atoms with van der Waals surface area (Å²) in [4.78, 5) is 24.7. The van der Waals surface area contributed by atoms with Crippen LogP contribution in [0.3, 0.4) is 0 Å². The van der Waals surface area contributed by atoms with E-state index in [1.807, 2.05) is 13.8 Å². The van der Waals surface area contributed by atoms with E-state index in [0.717, 1.165) is 15.4 Å². The molecule has 0 aliphatic carbocycles. The zero-order chi connectivity index (χ0) is 23.2. The van der Waals surface area contributed by atoms with Crippen molar-refractivity contribution < 1.29 is 17.4 Å². The van der Waals surface area contributed by atoms with Crippen LogP contribution in [0.15, 0.2) is 59.0 Å². The number of amides is 1. The molecule has 0 bridgehead atoms. The van der Waals surface area contributed by atoms with Crippen molar-refractivity contribution in [3.63, 3.8) is 0 Å². The molecule has 0 saturated heterocycles. The summed E-state index contributed by atoms with van der Waals surface area (Å²) >= 11 is 0. The highest BCUT2D eigenvalue weighted by Gasteiger charge is 2.17. The Bertz CT molecular complexity index is 1140. The quantitative estimate of drug-likeness (QED) is 0.381. The maximum atomic E-state index is 12.5. The van der Waals surface area contributed by atoms with Crippen molar-refractivity contribution in [1.29, 1.82) is 0 Å². The molecule has 31 heavy (non-hydrogen) atoms. The van der Waals surface area contributed by atoms with Crippen molar-refractivity contribution in [2.24, 2.45) is 4.99 Å². The maximum absolute atomic E-state index is 12.5. The fourth-order valence-corrected chi connectivity index (χ4v) is 2.92. The van der Waals surface area contributed by atoms with E-state index in [1.54, 1.807) is 31.2 Å². The van der Waals surface area contributed by atoms with Crippen molar-refractivity contribution in [2.45, 2.75) is 20.8 Å². The Balaban J connectivity index is 2.27. The van der Waals surface area contributed by atoms with Crippen molar-refractivity contribution >= 4 is 28.7 Å². The van der Waals surface area contributed by atoms with Crippen LogP contribution < -0.4 is 9.50 Å². The first kappa shape index (κ1) is 23.9. The lowest BCUT2D eigenvalue weighted by Gasteiger charge is -2.14. The van der Waals surface area contributed by atoms with Crippen LogP contribution in [0.2, 0.25) is 0 Å². The molecule has 1 aromatic heterocycles. The van der Waals surface area contributed by atoms with Gasteiger partial charge in [0.25, 0.3) is 5.91 Å². The molecule has 0 spiro atoms. The topological polar surface area (TPSA) is 114 Å². The van der Waals surface area contributed by atoms with Crippen LogP contribution in [0.5, 0.6) is 5.75 Å². The van der Waals surface area contributed by atoms with Gasteiger partial charge in [0.2, 0.25) is 0 Å². The number of carbonyl (C=O) groups is 1. The average molecular weight is 444 g/mol. The van der Waals surface area contributed by atoms with Gasteiger partial charge in [-0.2, -0.15) is 12.7 Å². The molecular weight excluding hydrogens is 418 g/mol. The van der Waals surface area contributed by atoms with E-state index in [9.17, 15) is 13.2 Å². The monoisotopic (exact) mass is 443 g/mol. The summed E-state index contributed by atoms with van der Waals surface area (Å²) in [7, 11) is -1.11. The second-order valence-electron chi connectivity index (χ2n) is 6.74. The number of aliphatic imine (C=N–C) groups is 1. The highest BCUT2D eigenvalue weighted by molar-refractivity contribution is 7.84. The summed E-state index contributed by atoms with van der Waals surface area (Å²) in [5.41, 5.74) is 3.11. The molecule has 0 aliphatic rings. The lowest BCUT2D eigenvalue weighted by molar-refractivity contribution is -0.112. The largest absolute Gasteiger partial charge is 0.384 e. The van der Waals surface area contributed by atoms with Gasteiger partial charge in [-0.3, -0.25) is 14.8 Å². The van der Waals surface area contributed by atoms with Crippen LogP contribution in [-0.4, -0.2) is 49.4 Å². The van der Waals surface area contributed by atoms with Gasteiger partial charge in [0.1, 0.15) is 5.75 Å². The second kappa shape index (κ2) is 10.1. The number of hydrogen-bond acceptors (Lipinski definition) is 7. The van der Waals surface area contributed by atoms with Gasteiger partial charge in [0.05, 0.1) is 23.7 Å². The molecule has 164 valence electrons. The lowest BCUT2D eigenvalue weighted by Crippen LogP contribution is -2.27. The summed E-state index contributed by atoms with van der Waals surface area (Å²) in [5.74, 6) is 0.0281. The minimum atomic E-state index is -3.88. The Morgan fingerprint density at radius 1 is 1.26 bits per heavy atom. The molecular formula is C21H25N5O4S. The molecule has 0 fully saturated rings. The summed E-state index contributed by atoms with van der Waals surface area (Å²) in [6, 6.07) is 4.87. The van der Waals surface area contributed by atoms with E-state index < -0.39 is 10.3 Å². The highest BCUT2D eigenvalue weighted by Crippen LogP contribution is 2.27. The average Bonchev–Trinajstić information content (AvgIpc) is 2.73. The zero-order valence-corrected chi connectivity index (χ0v) is 18.9. The van der Waals surface area contributed by atoms with Gasteiger partial charge in [0.15, 0.2) is 5.82 Å². The van der Waals surface area contributed by atoms with E-state index in [2.05, 4.69) is 27.0 Å². The molecule has 0 unspecified atom stereocenters. The first-order valence-electron chi connectivity index (χ1n) is 9.24. The molecule has 1 aromatic carbocycles. The predicted molar refractivity (Wildman–Crippen MR) is 121 cm³/mol. The number of nitrogens with zero attached hydrogens (tertiary/aromatic N) is 4. The molecule has 0 radical (unpaired) electrons.